The first-order valence-corrected chi connectivity index (χ1v) is 7.46. The van der Waals surface area contributed by atoms with E-state index in [1.54, 1.807) is 18.4 Å². The van der Waals surface area contributed by atoms with Crippen LogP contribution in [0.4, 0.5) is 0 Å². The number of carbonyl (C=O) groups excluding carboxylic acids is 3. The number of likely N-dealkylation sites (tertiary alicyclic amines) is 1. The number of carbonyl (C=O) groups is 3. The first kappa shape index (κ1) is 14.6. The van der Waals surface area contributed by atoms with E-state index in [1.165, 1.54) is 4.90 Å². The number of nitrogens with one attached hydrogen (secondary N) is 1. The van der Waals surface area contributed by atoms with E-state index in [4.69, 9.17) is 4.42 Å². The smallest absolute Gasteiger partial charge is 0.233 e. The zero-order chi connectivity index (χ0) is 15.5. The molecule has 0 spiro atoms. The second-order valence-corrected chi connectivity index (χ2v) is 5.59. The second-order valence-electron chi connectivity index (χ2n) is 5.59. The molecule has 1 aromatic heterocycles. The van der Waals surface area contributed by atoms with Crippen molar-refractivity contribution >= 4 is 17.7 Å². The van der Waals surface area contributed by atoms with Crippen molar-refractivity contribution in [3.63, 3.8) is 0 Å². The molecule has 1 aromatic rings. The van der Waals surface area contributed by atoms with E-state index in [0.29, 0.717) is 25.1 Å². The topological polar surface area (TPSA) is 79.6 Å². The Morgan fingerprint density at radius 2 is 1.91 bits per heavy atom. The number of hydrogen-bond acceptors (Lipinski definition) is 4. The van der Waals surface area contributed by atoms with Crippen molar-refractivity contribution in [1.29, 1.82) is 0 Å². The van der Waals surface area contributed by atoms with Crippen molar-refractivity contribution < 1.29 is 18.8 Å². The van der Waals surface area contributed by atoms with Crippen LogP contribution in [0.25, 0.3) is 0 Å². The van der Waals surface area contributed by atoms with Gasteiger partial charge in [-0.3, -0.25) is 19.3 Å². The molecule has 2 aliphatic rings. The van der Waals surface area contributed by atoms with Crippen LogP contribution in [0, 0.1) is 11.8 Å². The molecular weight excluding hydrogens is 284 g/mol. The molecule has 0 saturated carbocycles. The van der Waals surface area contributed by atoms with Crippen molar-refractivity contribution in [3.8, 4) is 0 Å². The fourth-order valence-corrected chi connectivity index (χ4v) is 2.99. The molecular formula is C16H18N2O4. The van der Waals surface area contributed by atoms with Crippen LogP contribution in [-0.2, 0) is 20.9 Å². The van der Waals surface area contributed by atoms with Gasteiger partial charge in [0.15, 0.2) is 0 Å². The number of allylic oxidation sites excluding steroid dienone is 2. The normalized spacial score (nSPS) is 23.7. The summed E-state index contributed by atoms with van der Waals surface area (Å²) in [6.07, 6.45) is 6.80. The number of amides is 3. The van der Waals surface area contributed by atoms with Gasteiger partial charge >= 0.3 is 0 Å². The first-order valence-electron chi connectivity index (χ1n) is 7.46. The molecule has 1 aliphatic carbocycles. The lowest BCUT2D eigenvalue weighted by Crippen LogP contribution is -2.35. The van der Waals surface area contributed by atoms with E-state index < -0.39 is 0 Å². The molecule has 1 N–H and O–H groups in total. The van der Waals surface area contributed by atoms with Gasteiger partial charge in [-0.1, -0.05) is 12.2 Å². The number of furan rings is 1. The summed E-state index contributed by atoms with van der Waals surface area (Å²) in [5, 5.41) is 2.71. The van der Waals surface area contributed by atoms with Gasteiger partial charge in [-0.25, -0.2) is 0 Å². The third-order valence-electron chi connectivity index (χ3n) is 4.20. The molecule has 22 heavy (non-hydrogen) atoms. The first-order chi connectivity index (χ1) is 10.7. The van der Waals surface area contributed by atoms with Crippen LogP contribution in [0.5, 0.6) is 0 Å². The Morgan fingerprint density at radius 3 is 2.50 bits per heavy atom. The van der Waals surface area contributed by atoms with Gasteiger partial charge in [0, 0.05) is 13.0 Å². The van der Waals surface area contributed by atoms with Crippen molar-refractivity contribution in [2.45, 2.75) is 25.8 Å². The SMILES string of the molecule is O=C(CCN1C(=O)[C@@H]2CC=CC[C@H]2C1=O)NCc1ccco1. The van der Waals surface area contributed by atoms with E-state index in [2.05, 4.69) is 5.32 Å². The van der Waals surface area contributed by atoms with Gasteiger partial charge in [0.05, 0.1) is 24.6 Å². The van der Waals surface area contributed by atoms with Gasteiger partial charge in [-0.15, -0.1) is 0 Å². The van der Waals surface area contributed by atoms with Gasteiger partial charge in [0.2, 0.25) is 17.7 Å². The van der Waals surface area contributed by atoms with Gasteiger partial charge in [-0.05, 0) is 25.0 Å². The van der Waals surface area contributed by atoms with Gasteiger partial charge < -0.3 is 9.73 Å². The fourth-order valence-electron chi connectivity index (χ4n) is 2.99. The molecule has 2 heterocycles. The molecule has 1 saturated heterocycles. The minimum Gasteiger partial charge on any atom is -0.467 e. The molecule has 1 fully saturated rings. The van der Waals surface area contributed by atoms with E-state index >= 15 is 0 Å². The van der Waals surface area contributed by atoms with Crippen LogP contribution in [-0.4, -0.2) is 29.2 Å². The fraction of sp³-hybridized carbons (Fsp3) is 0.438. The van der Waals surface area contributed by atoms with Gasteiger partial charge in [0.1, 0.15) is 5.76 Å². The summed E-state index contributed by atoms with van der Waals surface area (Å²) in [6.45, 7) is 0.456. The number of fused-ring (bicyclic) bond motifs is 1. The summed E-state index contributed by atoms with van der Waals surface area (Å²) in [6, 6.07) is 3.52. The van der Waals surface area contributed by atoms with Crippen LogP contribution in [0.15, 0.2) is 35.0 Å². The van der Waals surface area contributed by atoms with E-state index in [-0.39, 0.29) is 42.5 Å². The molecule has 6 nitrogen and oxygen atoms in total. The minimum absolute atomic E-state index is 0.116. The molecule has 0 bridgehead atoms. The third-order valence-corrected chi connectivity index (χ3v) is 4.20. The Balaban J connectivity index is 1.50. The van der Waals surface area contributed by atoms with Crippen molar-refractivity contribution in [3.05, 3.63) is 36.3 Å². The van der Waals surface area contributed by atoms with E-state index in [0.717, 1.165) is 0 Å². The maximum atomic E-state index is 12.2. The van der Waals surface area contributed by atoms with Crippen LogP contribution in [0.2, 0.25) is 0 Å². The Morgan fingerprint density at radius 1 is 1.23 bits per heavy atom. The number of hydrogen-bond donors (Lipinski definition) is 1. The monoisotopic (exact) mass is 302 g/mol. The van der Waals surface area contributed by atoms with Gasteiger partial charge in [-0.2, -0.15) is 0 Å². The van der Waals surface area contributed by atoms with E-state index in [9.17, 15) is 14.4 Å². The third kappa shape index (κ3) is 2.81. The molecule has 6 heteroatoms. The van der Waals surface area contributed by atoms with Crippen LogP contribution < -0.4 is 5.32 Å². The van der Waals surface area contributed by atoms with Crippen LogP contribution in [0.1, 0.15) is 25.0 Å². The lowest BCUT2D eigenvalue weighted by atomic mass is 9.85. The summed E-state index contributed by atoms with van der Waals surface area (Å²) in [4.78, 5) is 37.5. The quantitative estimate of drug-likeness (QED) is 0.655. The summed E-state index contributed by atoms with van der Waals surface area (Å²) in [7, 11) is 0. The lowest BCUT2D eigenvalue weighted by Gasteiger charge is -2.14. The Bertz CT molecular complexity index is 580. The molecule has 116 valence electrons. The van der Waals surface area contributed by atoms with Gasteiger partial charge in [0.25, 0.3) is 0 Å². The van der Waals surface area contributed by atoms with E-state index in [1.807, 2.05) is 12.2 Å². The summed E-state index contributed by atoms with van der Waals surface area (Å²) in [5.41, 5.74) is 0. The highest BCUT2D eigenvalue weighted by Gasteiger charge is 2.46. The standard InChI is InChI=1S/C16H18N2O4/c19-14(17-10-11-4-3-9-22-11)7-8-18-15(20)12-5-1-2-6-13(12)16(18)21/h1-4,9,12-13H,5-8,10H2,(H,17,19)/t12-,13-/m1/s1. The highest BCUT2D eigenvalue weighted by atomic mass is 16.3. The molecule has 2 atom stereocenters. The Kier molecular flexibility index (Phi) is 4.09. The molecule has 3 amide bonds. The van der Waals surface area contributed by atoms with Crippen molar-refractivity contribution in [1.82, 2.24) is 10.2 Å². The molecule has 0 radical (unpaired) electrons. The number of imide groups is 1. The lowest BCUT2D eigenvalue weighted by molar-refractivity contribution is -0.140. The molecule has 3 rings (SSSR count). The largest absolute Gasteiger partial charge is 0.467 e. The predicted molar refractivity (Wildman–Crippen MR) is 77.2 cm³/mol. The van der Waals surface area contributed by atoms with Crippen molar-refractivity contribution in [2.24, 2.45) is 11.8 Å². The predicted octanol–water partition coefficient (Wildman–Crippen LogP) is 1.24. The maximum absolute atomic E-state index is 12.2. The maximum Gasteiger partial charge on any atom is 0.233 e. The van der Waals surface area contributed by atoms with Crippen molar-refractivity contribution in [2.75, 3.05) is 6.54 Å². The number of nitrogens with zero attached hydrogens (tertiary/aromatic N) is 1. The molecule has 0 unspecified atom stereocenters. The zero-order valence-electron chi connectivity index (χ0n) is 12.2. The average molecular weight is 302 g/mol. The van der Waals surface area contributed by atoms with Crippen LogP contribution in [0.3, 0.4) is 0 Å². The molecule has 0 aromatic carbocycles. The summed E-state index contributed by atoms with van der Waals surface area (Å²) in [5.74, 6) is -0.285. The Hall–Kier alpha value is -2.37. The minimum atomic E-state index is -0.233. The highest BCUT2D eigenvalue weighted by molar-refractivity contribution is 6.05. The summed E-state index contributed by atoms with van der Waals surface area (Å²) >= 11 is 0. The average Bonchev–Trinajstić information content (AvgIpc) is 3.13. The van der Waals surface area contributed by atoms with Crippen LogP contribution >= 0.6 is 0 Å². The Labute approximate surface area is 128 Å². The summed E-state index contributed by atoms with van der Waals surface area (Å²) < 4.78 is 5.12. The number of rotatable bonds is 5. The zero-order valence-corrected chi connectivity index (χ0v) is 12.2. The second kappa shape index (κ2) is 6.17. The highest BCUT2D eigenvalue weighted by Crippen LogP contribution is 2.34. The molecule has 1 aliphatic heterocycles.